The predicted octanol–water partition coefficient (Wildman–Crippen LogP) is 5.85. The van der Waals surface area contributed by atoms with Gasteiger partial charge in [-0.2, -0.15) is 10.2 Å². The van der Waals surface area contributed by atoms with Crippen LogP contribution in [0.5, 0.6) is 5.75 Å². The Hall–Kier alpha value is -2.78. The van der Waals surface area contributed by atoms with E-state index >= 15 is 0 Å². The van der Waals surface area contributed by atoms with Crippen LogP contribution in [0.15, 0.2) is 18.6 Å². The van der Waals surface area contributed by atoms with Crippen LogP contribution in [0.3, 0.4) is 0 Å². The molecule has 190 valence electrons. The first-order chi connectivity index (χ1) is 17.5. The van der Waals surface area contributed by atoms with Gasteiger partial charge in [0.05, 0.1) is 24.2 Å². The molecule has 0 atom stereocenters. The van der Waals surface area contributed by atoms with Gasteiger partial charge in [-0.05, 0) is 63.4 Å². The van der Waals surface area contributed by atoms with Crippen LogP contribution >= 0.6 is 11.3 Å². The van der Waals surface area contributed by atoms with E-state index in [1.165, 1.54) is 67.4 Å². The fraction of sp³-hybridized carbons (Fsp3) is 0.556. The summed E-state index contributed by atoms with van der Waals surface area (Å²) in [5.41, 5.74) is 5.92. The lowest BCUT2D eigenvalue weighted by Crippen LogP contribution is -2.43. The molecule has 6 rings (SSSR count). The van der Waals surface area contributed by atoms with Crippen molar-refractivity contribution in [2.24, 2.45) is 0 Å². The lowest BCUT2D eigenvalue weighted by molar-refractivity contribution is 0.257. The third-order valence-corrected chi connectivity index (χ3v) is 9.27. The molecule has 2 saturated carbocycles. The van der Waals surface area contributed by atoms with E-state index < -0.39 is 0 Å². The highest BCUT2D eigenvalue weighted by Gasteiger charge is 2.29. The largest absolute Gasteiger partial charge is 0.493 e. The summed E-state index contributed by atoms with van der Waals surface area (Å²) in [6.07, 6.45) is 12.7. The van der Waals surface area contributed by atoms with Crippen molar-refractivity contribution in [1.82, 2.24) is 35.1 Å². The van der Waals surface area contributed by atoms with Gasteiger partial charge in [-0.3, -0.25) is 5.10 Å². The topological polar surface area (TPSA) is 93.0 Å². The summed E-state index contributed by atoms with van der Waals surface area (Å²) >= 11 is 1.85. The molecule has 0 amide bonds. The third-order valence-electron chi connectivity index (χ3n) is 7.94. The SMILES string of the molecule is COc1cc(-c2n[nH]c(-c3nc(C)c(C4CCC(NC5CCC5)CC4)s3)c2C(C)C)cn2ncnc12. The number of aryl methyl sites for hydroxylation is 1. The quantitative estimate of drug-likeness (QED) is 0.327. The molecule has 2 fully saturated rings. The van der Waals surface area contributed by atoms with Gasteiger partial charge in [0.1, 0.15) is 11.3 Å². The Morgan fingerprint density at radius 1 is 1.14 bits per heavy atom. The fourth-order valence-corrected chi connectivity index (χ4v) is 7.04. The minimum atomic E-state index is 0.270. The van der Waals surface area contributed by atoms with E-state index in [9.17, 15) is 0 Å². The van der Waals surface area contributed by atoms with E-state index in [4.69, 9.17) is 14.8 Å². The number of methoxy groups -OCH3 is 1. The molecule has 0 saturated heterocycles. The van der Waals surface area contributed by atoms with E-state index in [0.29, 0.717) is 23.4 Å². The summed E-state index contributed by atoms with van der Waals surface area (Å²) in [6, 6.07) is 3.46. The molecule has 2 aliphatic carbocycles. The predicted molar refractivity (Wildman–Crippen MR) is 143 cm³/mol. The summed E-state index contributed by atoms with van der Waals surface area (Å²) in [7, 11) is 1.66. The Balaban J connectivity index is 1.29. The Morgan fingerprint density at radius 3 is 2.61 bits per heavy atom. The maximum Gasteiger partial charge on any atom is 0.197 e. The zero-order valence-electron chi connectivity index (χ0n) is 21.5. The molecular formula is C27H35N7OS. The van der Waals surface area contributed by atoms with Crippen LogP contribution in [0.25, 0.3) is 27.6 Å². The van der Waals surface area contributed by atoms with Gasteiger partial charge in [0, 0.05) is 34.3 Å². The lowest BCUT2D eigenvalue weighted by atomic mass is 9.83. The van der Waals surface area contributed by atoms with Crippen LogP contribution in [0.1, 0.15) is 86.8 Å². The normalized spacial score (nSPS) is 20.8. The maximum absolute atomic E-state index is 5.59. The first-order valence-electron chi connectivity index (χ1n) is 13.2. The molecule has 0 bridgehead atoms. The number of hydrogen-bond donors (Lipinski definition) is 2. The molecule has 2 N–H and O–H groups in total. The molecule has 36 heavy (non-hydrogen) atoms. The van der Waals surface area contributed by atoms with Crippen molar-refractivity contribution in [3.05, 3.63) is 34.7 Å². The van der Waals surface area contributed by atoms with Crippen LogP contribution < -0.4 is 10.1 Å². The highest BCUT2D eigenvalue weighted by atomic mass is 32.1. The van der Waals surface area contributed by atoms with Crippen molar-refractivity contribution >= 4 is 17.0 Å². The van der Waals surface area contributed by atoms with Gasteiger partial charge in [-0.1, -0.05) is 20.3 Å². The van der Waals surface area contributed by atoms with E-state index in [1.807, 2.05) is 23.6 Å². The smallest absolute Gasteiger partial charge is 0.197 e. The molecule has 0 aromatic carbocycles. The molecule has 0 spiro atoms. The fourth-order valence-electron chi connectivity index (χ4n) is 5.80. The number of hydrogen-bond acceptors (Lipinski definition) is 7. The Kier molecular flexibility index (Phi) is 6.29. The number of nitrogens with one attached hydrogen (secondary N) is 2. The second kappa shape index (κ2) is 9.59. The van der Waals surface area contributed by atoms with E-state index in [0.717, 1.165) is 28.0 Å². The van der Waals surface area contributed by atoms with E-state index in [1.54, 1.807) is 11.6 Å². The molecule has 0 radical (unpaired) electrons. The molecule has 8 nitrogen and oxygen atoms in total. The van der Waals surface area contributed by atoms with Gasteiger partial charge < -0.3 is 10.1 Å². The highest BCUT2D eigenvalue weighted by Crippen LogP contribution is 2.43. The van der Waals surface area contributed by atoms with Crippen molar-refractivity contribution in [2.75, 3.05) is 7.11 Å². The van der Waals surface area contributed by atoms with E-state index in [2.05, 4.69) is 41.3 Å². The first-order valence-corrected chi connectivity index (χ1v) is 14.0. The van der Waals surface area contributed by atoms with Crippen LogP contribution in [0.4, 0.5) is 0 Å². The number of ether oxygens (including phenoxy) is 1. The summed E-state index contributed by atoms with van der Waals surface area (Å²) in [5.74, 6) is 1.56. The van der Waals surface area contributed by atoms with Crippen molar-refractivity contribution in [1.29, 1.82) is 0 Å². The van der Waals surface area contributed by atoms with Gasteiger partial charge in [0.15, 0.2) is 11.4 Å². The molecule has 2 aliphatic rings. The van der Waals surface area contributed by atoms with Crippen LogP contribution in [0, 0.1) is 6.92 Å². The summed E-state index contributed by atoms with van der Waals surface area (Å²) in [4.78, 5) is 10.8. The van der Waals surface area contributed by atoms with Crippen molar-refractivity contribution in [3.63, 3.8) is 0 Å². The molecule has 0 aliphatic heterocycles. The van der Waals surface area contributed by atoms with Crippen molar-refractivity contribution < 1.29 is 4.74 Å². The molecule has 4 heterocycles. The zero-order valence-corrected chi connectivity index (χ0v) is 22.4. The molecule has 4 aromatic rings. The minimum Gasteiger partial charge on any atom is -0.493 e. The third kappa shape index (κ3) is 4.22. The maximum atomic E-state index is 5.59. The summed E-state index contributed by atoms with van der Waals surface area (Å²) in [5, 5.41) is 17.3. The molecule has 0 unspecified atom stereocenters. The standard InChI is InChI=1S/C27H35N7OS/c1-15(2)22-23(18-12-21(35-4)26-28-14-29-34(26)13-18)32-33-24(22)27-30-16(3)25(36-27)17-8-10-20(11-9-17)31-19-6-5-7-19/h12-15,17,19-20,31H,5-11H2,1-4H3,(H,32,33). The van der Waals surface area contributed by atoms with E-state index in [-0.39, 0.29) is 5.92 Å². The Morgan fingerprint density at radius 2 is 1.92 bits per heavy atom. The zero-order chi connectivity index (χ0) is 24.8. The average Bonchev–Trinajstić information content (AvgIpc) is 3.59. The average molecular weight is 506 g/mol. The molecule has 4 aromatic heterocycles. The van der Waals surface area contributed by atoms with Crippen molar-refractivity contribution in [2.45, 2.75) is 89.6 Å². The molecular weight excluding hydrogens is 470 g/mol. The monoisotopic (exact) mass is 505 g/mol. The number of rotatable bonds is 7. The Labute approximate surface area is 215 Å². The Bertz CT molecular complexity index is 1360. The summed E-state index contributed by atoms with van der Waals surface area (Å²) in [6.45, 7) is 6.59. The number of fused-ring (bicyclic) bond motifs is 1. The lowest BCUT2D eigenvalue weighted by Gasteiger charge is -2.35. The van der Waals surface area contributed by atoms with Gasteiger partial charge in [0.25, 0.3) is 0 Å². The number of pyridine rings is 1. The number of aromatic nitrogens is 6. The second-order valence-corrected chi connectivity index (χ2v) is 11.7. The number of nitrogens with zero attached hydrogens (tertiary/aromatic N) is 5. The number of aromatic amines is 1. The van der Waals surface area contributed by atoms with Crippen molar-refractivity contribution in [3.8, 4) is 27.7 Å². The van der Waals surface area contributed by atoms with Gasteiger partial charge in [0.2, 0.25) is 0 Å². The molecule has 9 heteroatoms. The number of H-pyrrole nitrogens is 1. The number of thiazole rings is 1. The van der Waals surface area contributed by atoms with Crippen LogP contribution in [0.2, 0.25) is 0 Å². The highest BCUT2D eigenvalue weighted by molar-refractivity contribution is 7.15. The van der Waals surface area contributed by atoms with Gasteiger partial charge >= 0.3 is 0 Å². The second-order valence-electron chi connectivity index (χ2n) is 10.7. The van der Waals surface area contributed by atoms with Crippen LogP contribution in [-0.2, 0) is 0 Å². The van der Waals surface area contributed by atoms with Gasteiger partial charge in [-0.15, -0.1) is 11.3 Å². The first kappa shape index (κ1) is 23.6. The minimum absolute atomic E-state index is 0.270. The van der Waals surface area contributed by atoms with Gasteiger partial charge in [-0.25, -0.2) is 14.5 Å². The van der Waals surface area contributed by atoms with Crippen LogP contribution in [-0.4, -0.2) is 49.0 Å². The summed E-state index contributed by atoms with van der Waals surface area (Å²) < 4.78 is 7.33.